The zero-order valence-corrected chi connectivity index (χ0v) is 12.6. The first-order chi connectivity index (χ1) is 11.7. The van der Waals surface area contributed by atoms with Crippen LogP contribution in [-0.2, 0) is 4.79 Å². The summed E-state index contributed by atoms with van der Waals surface area (Å²) in [5.74, 6) is -0.265. The van der Waals surface area contributed by atoms with E-state index in [1.165, 1.54) is 6.07 Å². The van der Waals surface area contributed by atoms with Crippen LogP contribution in [-0.4, -0.2) is 5.97 Å². The highest BCUT2D eigenvalue weighted by molar-refractivity contribution is 6.08. The molecule has 3 aromatic carbocycles. The second-order valence-electron chi connectivity index (χ2n) is 5.37. The van der Waals surface area contributed by atoms with E-state index < -0.39 is 5.97 Å². The van der Waals surface area contributed by atoms with Gasteiger partial charge in [0.25, 0.3) is 0 Å². The zero-order valence-electron chi connectivity index (χ0n) is 12.6. The number of carbonyl (C=O) groups excluding carboxylic acids is 1. The third-order valence-electron chi connectivity index (χ3n) is 3.92. The normalized spacial score (nSPS) is 11.0. The lowest BCUT2D eigenvalue weighted by molar-refractivity contribution is -0.128. The van der Waals surface area contributed by atoms with Gasteiger partial charge in [0.05, 0.1) is 10.8 Å². The minimum atomic E-state index is -0.566. The summed E-state index contributed by atoms with van der Waals surface area (Å²) in [4.78, 5) is 24.2. The molecular weight excluding hydrogens is 304 g/mol. The second kappa shape index (κ2) is 5.35. The van der Waals surface area contributed by atoms with Gasteiger partial charge >= 0.3 is 5.97 Å². The first kappa shape index (κ1) is 14.2. The molecule has 0 aliphatic rings. The summed E-state index contributed by atoms with van der Waals surface area (Å²) in [7, 11) is 0. The second-order valence-corrected chi connectivity index (χ2v) is 5.37. The molecule has 0 radical (unpaired) electrons. The summed E-state index contributed by atoms with van der Waals surface area (Å²) in [5.41, 5.74) is 0.764. The topological polar surface area (TPSA) is 56.5 Å². The number of benzene rings is 3. The lowest BCUT2D eigenvalue weighted by Gasteiger charge is -2.06. The zero-order chi connectivity index (χ0) is 16.7. The van der Waals surface area contributed by atoms with Gasteiger partial charge in [-0.3, -0.25) is 4.79 Å². The maximum absolute atomic E-state index is 12.9. The lowest BCUT2D eigenvalue weighted by Crippen LogP contribution is -2.05. The van der Waals surface area contributed by atoms with Crippen molar-refractivity contribution in [3.63, 3.8) is 0 Å². The third-order valence-corrected chi connectivity index (χ3v) is 3.92. The van der Waals surface area contributed by atoms with E-state index in [-0.39, 0.29) is 5.43 Å². The van der Waals surface area contributed by atoms with Crippen LogP contribution in [0.5, 0.6) is 5.75 Å². The molecule has 4 heteroatoms. The van der Waals surface area contributed by atoms with Crippen LogP contribution < -0.4 is 10.2 Å². The van der Waals surface area contributed by atoms with Crippen LogP contribution in [0.1, 0.15) is 0 Å². The minimum Gasteiger partial charge on any atom is -0.456 e. The molecule has 116 valence electrons. The smallest absolute Gasteiger partial charge is 0.335 e. The van der Waals surface area contributed by atoms with Gasteiger partial charge in [-0.15, -0.1) is 0 Å². The number of hydrogen-bond donors (Lipinski definition) is 0. The van der Waals surface area contributed by atoms with Crippen molar-refractivity contribution in [2.75, 3.05) is 0 Å². The fourth-order valence-electron chi connectivity index (χ4n) is 2.82. The van der Waals surface area contributed by atoms with Crippen molar-refractivity contribution in [3.8, 4) is 5.75 Å². The van der Waals surface area contributed by atoms with Crippen molar-refractivity contribution < 1.29 is 13.9 Å². The Hall–Kier alpha value is -3.40. The highest BCUT2D eigenvalue weighted by Gasteiger charge is 2.12. The van der Waals surface area contributed by atoms with E-state index in [0.29, 0.717) is 27.7 Å². The van der Waals surface area contributed by atoms with Gasteiger partial charge in [0.1, 0.15) is 16.9 Å². The molecule has 0 bridgehead atoms. The van der Waals surface area contributed by atoms with Crippen LogP contribution in [0.25, 0.3) is 32.7 Å². The molecule has 0 aliphatic carbocycles. The van der Waals surface area contributed by atoms with Crippen molar-refractivity contribution in [1.29, 1.82) is 0 Å². The predicted molar refractivity (Wildman–Crippen MR) is 93.3 cm³/mol. The number of esters is 1. The molecule has 4 nitrogen and oxygen atoms in total. The molecule has 0 saturated heterocycles. The van der Waals surface area contributed by atoms with Crippen LogP contribution in [0, 0.1) is 0 Å². The number of fused-ring (bicyclic) bond motifs is 4. The quantitative estimate of drug-likeness (QED) is 0.183. The van der Waals surface area contributed by atoms with Crippen molar-refractivity contribution in [2.24, 2.45) is 0 Å². The Labute approximate surface area is 136 Å². The van der Waals surface area contributed by atoms with E-state index >= 15 is 0 Å². The van der Waals surface area contributed by atoms with E-state index in [0.717, 1.165) is 16.8 Å². The highest BCUT2D eigenvalue weighted by atomic mass is 16.5. The Bertz CT molecular complexity index is 1180. The Morgan fingerprint density at radius 3 is 2.67 bits per heavy atom. The standard InChI is InChI=1S/C20H12O4/c1-2-18(21)23-13-8-9-15-17(11-13)24-16-10-7-12-5-3-4-6-14(12)19(16)20(15)22/h2-11H,1H2. The molecular formula is C20H12O4. The summed E-state index contributed by atoms with van der Waals surface area (Å²) >= 11 is 0. The van der Waals surface area contributed by atoms with Gasteiger partial charge in [-0.1, -0.05) is 36.9 Å². The fourth-order valence-corrected chi connectivity index (χ4v) is 2.82. The Kier molecular flexibility index (Phi) is 3.17. The molecule has 0 N–H and O–H groups in total. The van der Waals surface area contributed by atoms with Crippen molar-refractivity contribution >= 4 is 38.7 Å². The average molecular weight is 316 g/mol. The van der Waals surface area contributed by atoms with Crippen LogP contribution in [0.4, 0.5) is 0 Å². The van der Waals surface area contributed by atoms with Gasteiger partial charge in [0.2, 0.25) is 5.43 Å². The minimum absolute atomic E-state index is 0.107. The predicted octanol–water partition coefficient (Wildman–Crippen LogP) is 4.19. The molecule has 0 atom stereocenters. The van der Waals surface area contributed by atoms with Gasteiger partial charge in [-0.2, -0.15) is 0 Å². The molecule has 4 rings (SSSR count). The average Bonchev–Trinajstić information content (AvgIpc) is 2.61. The molecule has 1 aromatic heterocycles. The molecule has 0 spiro atoms. The Morgan fingerprint density at radius 1 is 1.00 bits per heavy atom. The van der Waals surface area contributed by atoms with Gasteiger partial charge in [-0.25, -0.2) is 4.79 Å². The van der Waals surface area contributed by atoms with Crippen molar-refractivity contribution in [2.45, 2.75) is 0 Å². The largest absolute Gasteiger partial charge is 0.456 e. The summed E-state index contributed by atoms with van der Waals surface area (Å²) in [6.07, 6.45) is 1.08. The molecule has 0 aliphatic heterocycles. The van der Waals surface area contributed by atoms with Gasteiger partial charge in [0, 0.05) is 12.1 Å². The van der Waals surface area contributed by atoms with Gasteiger partial charge in [0.15, 0.2) is 0 Å². The van der Waals surface area contributed by atoms with Crippen LogP contribution in [0.15, 0.2) is 76.5 Å². The highest BCUT2D eigenvalue weighted by Crippen LogP contribution is 2.27. The molecule has 1 heterocycles. The SMILES string of the molecule is C=CC(=O)Oc1ccc2c(=O)c3c(ccc4ccccc43)oc2c1. The van der Waals surface area contributed by atoms with Crippen LogP contribution >= 0.6 is 0 Å². The summed E-state index contributed by atoms with van der Waals surface area (Å²) < 4.78 is 10.9. The summed E-state index contributed by atoms with van der Waals surface area (Å²) in [5, 5.41) is 2.83. The molecule has 0 fully saturated rings. The molecule has 0 amide bonds. The maximum Gasteiger partial charge on any atom is 0.335 e. The number of hydrogen-bond acceptors (Lipinski definition) is 4. The van der Waals surface area contributed by atoms with Crippen molar-refractivity contribution in [3.05, 3.63) is 77.5 Å². The Morgan fingerprint density at radius 2 is 1.83 bits per heavy atom. The van der Waals surface area contributed by atoms with E-state index in [4.69, 9.17) is 9.15 Å². The summed E-state index contributed by atoms with van der Waals surface area (Å²) in [6, 6.07) is 16.1. The first-order valence-corrected chi connectivity index (χ1v) is 7.40. The van der Waals surface area contributed by atoms with Crippen LogP contribution in [0.3, 0.4) is 0 Å². The Balaban J connectivity index is 2.04. The van der Waals surface area contributed by atoms with Gasteiger partial charge < -0.3 is 9.15 Å². The van der Waals surface area contributed by atoms with E-state index in [1.54, 1.807) is 18.2 Å². The van der Waals surface area contributed by atoms with E-state index in [2.05, 4.69) is 6.58 Å². The summed E-state index contributed by atoms with van der Waals surface area (Å²) in [6.45, 7) is 3.36. The van der Waals surface area contributed by atoms with Crippen LogP contribution in [0.2, 0.25) is 0 Å². The lowest BCUT2D eigenvalue weighted by atomic mass is 10.0. The molecule has 0 saturated carbocycles. The molecule has 24 heavy (non-hydrogen) atoms. The maximum atomic E-state index is 12.9. The third kappa shape index (κ3) is 2.16. The fraction of sp³-hybridized carbons (Fsp3) is 0. The van der Waals surface area contributed by atoms with E-state index in [9.17, 15) is 9.59 Å². The number of carbonyl (C=O) groups is 1. The van der Waals surface area contributed by atoms with Gasteiger partial charge in [-0.05, 0) is 29.0 Å². The van der Waals surface area contributed by atoms with Crippen molar-refractivity contribution in [1.82, 2.24) is 0 Å². The monoisotopic (exact) mass is 316 g/mol. The van der Waals surface area contributed by atoms with E-state index in [1.807, 2.05) is 30.3 Å². The molecule has 4 aromatic rings. The molecule has 0 unspecified atom stereocenters. The number of rotatable bonds is 2. The number of ether oxygens (including phenoxy) is 1. The first-order valence-electron chi connectivity index (χ1n) is 7.40.